The molecule has 0 aromatic heterocycles. The molecule has 1 aromatic carbocycles. The van der Waals surface area contributed by atoms with Gasteiger partial charge in [0.1, 0.15) is 11.9 Å². The summed E-state index contributed by atoms with van der Waals surface area (Å²) in [5.74, 6) is 6.74. The van der Waals surface area contributed by atoms with Crippen LogP contribution in [-0.4, -0.2) is 47.7 Å². The summed E-state index contributed by atoms with van der Waals surface area (Å²) in [6, 6.07) is 7.21. The first-order chi connectivity index (χ1) is 16.7. The monoisotopic (exact) mass is 505 g/mol. The van der Waals surface area contributed by atoms with Crippen LogP contribution in [0.15, 0.2) is 59.1 Å². The molecule has 1 aliphatic heterocycles. The number of nitrogens with zero attached hydrogens (tertiary/aromatic N) is 2. The third kappa shape index (κ3) is 8.31. The van der Waals surface area contributed by atoms with Gasteiger partial charge < -0.3 is 25.8 Å². The number of aliphatic hydroxyl groups excluding tert-OH is 1. The molecular formula is C25H36ClN5O4. The van der Waals surface area contributed by atoms with E-state index in [-0.39, 0.29) is 18.0 Å². The minimum absolute atomic E-state index is 0.0483. The lowest BCUT2D eigenvalue weighted by Gasteiger charge is -2.34. The van der Waals surface area contributed by atoms with Gasteiger partial charge >= 0.3 is 0 Å². The number of unbranched alkanes of at least 4 members (excludes halogenated alkanes) is 1. The van der Waals surface area contributed by atoms with Gasteiger partial charge in [0.2, 0.25) is 5.91 Å². The van der Waals surface area contributed by atoms with Crippen molar-refractivity contribution < 1.29 is 19.4 Å². The molecular weight excluding hydrogens is 470 g/mol. The zero-order valence-corrected chi connectivity index (χ0v) is 21.3. The normalized spacial score (nSPS) is 15.8. The predicted octanol–water partition coefficient (Wildman–Crippen LogP) is 3.32. The second-order valence-corrected chi connectivity index (χ2v) is 8.73. The SMILES string of the molecule is COC(C)=CC=C(C)N(N)C1=C(CC(N)=O)CCN(c2ccc(NC(O)CCCCCl)cc2)C1=O. The molecule has 1 atom stereocenters. The summed E-state index contributed by atoms with van der Waals surface area (Å²) >= 11 is 5.68. The summed E-state index contributed by atoms with van der Waals surface area (Å²) in [5, 5.41) is 14.5. The maximum Gasteiger partial charge on any atom is 0.276 e. The van der Waals surface area contributed by atoms with Gasteiger partial charge in [-0.2, -0.15) is 0 Å². The number of nitrogens with two attached hydrogens (primary N) is 2. The lowest BCUT2D eigenvalue weighted by molar-refractivity contribution is -0.117. The van der Waals surface area contributed by atoms with Gasteiger partial charge in [0.25, 0.3) is 5.91 Å². The number of ether oxygens (including phenoxy) is 1. The summed E-state index contributed by atoms with van der Waals surface area (Å²) in [7, 11) is 1.56. The summed E-state index contributed by atoms with van der Waals surface area (Å²) in [6.45, 7) is 3.95. The Kier molecular flexibility index (Phi) is 11.1. The third-order valence-corrected chi connectivity index (χ3v) is 5.95. The van der Waals surface area contributed by atoms with Crippen LogP contribution in [0.25, 0.3) is 0 Å². The Balaban J connectivity index is 2.25. The molecule has 2 amide bonds. The largest absolute Gasteiger partial charge is 0.501 e. The Morgan fingerprint density at radius 3 is 2.57 bits per heavy atom. The van der Waals surface area contributed by atoms with Crippen LogP contribution in [0.5, 0.6) is 0 Å². The Morgan fingerprint density at radius 1 is 1.29 bits per heavy atom. The molecule has 1 aliphatic rings. The predicted molar refractivity (Wildman–Crippen MR) is 139 cm³/mol. The number of rotatable bonds is 13. The number of hydrogen-bond acceptors (Lipinski definition) is 7. The fourth-order valence-corrected chi connectivity index (χ4v) is 3.83. The topological polar surface area (TPSA) is 134 Å². The number of methoxy groups -OCH3 is 1. The van der Waals surface area contributed by atoms with Gasteiger partial charge in [-0.15, -0.1) is 11.6 Å². The Bertz CT molecular complexity index is 975. The van der Waals surface area contributed by atoms with Gasteiger partial charge in [-0.05, 0) is 81.5 Å². The van der Waals surface area contributed by atoms with Crippen molar-refractivity contribution in [2.45, 2.75) is 52.2 Å². The number of carbonyl (C=O) groups is 2. The van der Waals surface area contributed by atoms with E-state index < -0.39 is 12.1 Å². The summed E-state index contributed by atoms with van der Waals surface area (Å²) < 4.78 is 5.14. The van der Waals surface area contributed by atoms with Crippen LogP contribution in [0.1, 0.15) is 46.0 Å². The molecule has 2 rings (SSSR count). The van der Waals surface area contributed by atoms with Crippen LogP contribution in [0, 0.1) is 0 Å². The molecule has 192 valence electrons. The number of nitrogens with one attached hydrogen (secondary N) is 1. The minimum Gasteiger partial charge on any atom is -0.501 e. The first-order valence-electron chi connectivity index (χ1n) is 11.5. The number of amides is 2. The van der Waals surface area contributed by atoms with Crippen LogP contribution in [-0.2, 0) is 14.3 Å². The molecule has 35 heavy (non-hydrogen) atoms. The lowest BCUT2D eigenvalue weighted by Crippen LogP contribution is -2.45. The van der Waals surface area contributed by atoms with E-state index in [0.717, 1.165) is 18.5 Å². The molecule has 10 heteroatoms. The highest BCUT2D eigenvalue weighted by atomic mass is 35.5. The van der Waals surface area contributed by atoms with Crippen molar-refractivity contribution in [2.75, 3.05) is 29.8 Å². The van der Waals surface area contributed by atoms with Crippen LogP contribution in [0.2, 0.25) is 0 Å². The van der Waals surface area contributed by atoms with Crippen molar-refractivity contribution in [3.05, 3.63) is 59.1 Å². The van der Waals surface area contributed by atoms with Crippen molar-refractivity contribution in [2.24, 2.45) is 11.6 Å². The van der Waals surface area contributed by atoms with Crippen LogP contribution in [0.4, 0.5) is 11.4 Å². The van der Waals surface area contributed by atoms with E-state index in [0.29, 0.717) is 48.0 Å². The molecule has 0 saturated carbocycles. The van der Waals surface area contributed by atoms with Crippen molar-refractivity contribution in [1.82, 2.24) is 5.01 Å². The molecule has 1 aromatic rings. The second-order valence-electron chi connectivity index (χ2n) is 8.35. The number of benzene rings is 1. The Hall–Kier alpha value is -3.01. The Morgan fingerprint density at radius 2 is 1.97 bits per heavy atom. The van der Waals surface area contributed by atoms with Gasteiger partial charge in [-0.1, -0.05) is 0 Å². The van der Waals surface area contributed by atoms with E-state index in [4.69, 9.17) is 27.9 Å². The zero-order valence-electron chi connectivity index (χ0n) is 20.6. The molecule has 0 radical (unpaired) electrons. The highest BCUT2D eigenvalue weighted by Crippen LogP contribution is 2.30. The molecule has 0 aliphatic carbocycles. The fourth-order valence-electron chi connectivity index (χ4n) is 3.64. The highest BCUT2D eigenvalue weighted by molar-refractivity contribution is 6.17. The minimum atomic E-state index is -0.678. The summed E-state index contributed by atoms with van der Waals surface area (Å²) in [6.07, 6.45) is 5.47. The number of aliphatic hydroxyl groups is 1. The third-order valence-electron chi connectivity index (χ3n) is 5.68. The zero-order chi connectivity index (χ0) is 26.0. The number of primary amides is 1. The highest BCUT2D eigenvalue weighted by Gasteiger charge is 2.32. The van der Waals surface area contributed by atoms with E-state index >= 15 is 0 Å². The smallest absolute Gasteiger partial charge is 0.276 e. The second kappa shape index (κ2) is 13.8. The van der Waals surface area contributed by atoms with E-state index in [1.807, 2.05) is 0 Å². The number of carbonyl (C=O) groups excluding carboxylic acids is 2. The van der Waals surface area contributed by atoms with E-state index in [1.54, 1.807) is 62.3 Å². The van der Waals surface area contributed by atoms with Gasteiger partial charge in [0.05, 0.1) is 12.9 Å². The molecule has 1 unspecified atom stereocenters. The molecule has 0 saturated heterocycles. The average Bonchev–Trinajstić information content (AvgIpc) is 2.82. The first kappa shape index (κ1) is 28.2. The number of hydrogen-bond donors (Lipinski definition) is 4. The molecule has 6 N–H and O–H groups in total. The van der Waals surface area contributed by atoms with Gasteiger partial charge in [0, 0.05) is 35.9 Å². The Labute approximate surface area is 212 Å². The van der Waals surface area contributed by atoms with Gasteiger partial charge in [-0.3, -0.25) is 14.6 Å². The van der Waals surface area contributed by atoms with Crippen molar-refractivity contribution in [3.63, 3.8) is 0 Å². The number of halogens is 1. The quantitative estimate of drug-likeness (QED) is 0.0614. The average molecular weight is 506 g/mol. The van der Waals surface area contributed by atoms with Gasteiger partial charge in [0.15, 0.2) is 0 Å². The van der Waals surface area contributed by atoms with Crippen molar-refractivity contribution in [3.8, 4) is 0 Å². The number of anilines is 2. The first-order valence-corrected chi connectivity index (χ1v) is 12.1. The number of allylic oxidation sites excluding steroid dienone is 4. The molecule has 1 heterocycles. The summed E-state index contributed by atoms with van der Waals surface area (Å²) in [5.41, 5.74) is 8.26. The van der Waals surface area contributed by atoms with E-state index in [9.17, 15) is 14.7 Å². The lowest BCUT2D eigenvalue weighted by atomic mass is 9.99. The number of alkyl halides is 1. The van der Waals surface area contributed by atoms with Gasteiger partial charge in [-0.25, -0.2) is 5.84 Å². The van der Waals surface area contributed by atoms with E-state index in [2.05, 4.69) is 5.32 Å². The van der Waals surface area contributed by atoms with Crippen molar-refractivity contribution >= 4 is 34.8 Å². The molecule has 0 bridgehead atoms. The summed E-state index contributed by atoms with van der Waals surface area (Å²) in [4.78, 5) is 26.8. The molecule has 0 spiro atoms. The van der Waals surface area contributed by atoms with Crippen LogP contribution < -0.4 is 21.8 Å². The maximum absolute atomic E-state index is 13.5. The molecule has 9 nitrogen and oxygen atoms in total. The fraction of sp³-hybridized carbons (Fsp3) is 0.440. The van der Waals surface area contributed by atoms with E-state index in [1.165, 1.54) is 5.01 Å². The maximum atomic E-state index is 13.5. The van der Waals surface area contributed by atoms with Crippen LogP contribution in [0.3, 0.4) is 0 Å². The molecule has 0 fully saturated rings. The van der Waals surface area contributed by atoms with Crippen molar-refractivity contribution in [1.29, 1.82) is 0 Å². The number of hydrazine groups is 1. The standard InChI is InChI=1S/C25H36ClN5O4/c1-17(7-8-18(2)35-3)31(28)24-19(16-22(27)32)13-15-30(25(24)34)21-11-9-20(10-12-21)29-23(33)6-4-5-14-26/h7-12,23,29,33H,4-6,13-16,28H2,1-3H3,(H2,27,32). The van der Waals surface area contributed by atoms with Crippen LogP contribution >= 0.6 is 11.6 Å².